The molecule has 0 aliphatic carbocycles. The number of esters is 1. The largest absolute Gasteiger partial charge is 0.466 e. The Balaban J connectivity index is 2.47. The number of piperidine rings is 1. The summed E-state index contributed by atoms with van der Waals surface area (Å²) in [6.07, 6.45) is 0.497. The molecule has 1 unspecified atom stereocenters. The molecule has 5 nitrogen and oxygen atoms in total. The molecule has 80 valence electrons. The summed E-state index contributed by atoms with van der Waals surface area (Å²) in [6, 6.07) is 0. The van der Waals surface area contributed by atoms with E-state index in [-0.39, 0.29) is 18.4 Å². The quantitative estimate of drug-likeness (QED) is 0.675. The zero-order chi connectivity index (χ0) is 10.6. The highest BCUT2D eigenvalue weighted by Gasteiger charge is 2.28. The molecule has 1 aliphatic heterocycles. The first-order valence-corrected chi connectivity index (χ1v) is 4.79. The summed E-state index contributed by atoms with van der Waals surface area (Å²) in [5.41, 5.74) is 0. The van der Waals surface area contributed by atoms with Gasteiger partial charge in [-0.2, -0.15) is 0 Å². The Labute approximate surface area is 82.6 Å². The molecule has 5 heteroatoms. The highest BCUT2D eigenvalue weighted by Crippen LogP contribution is 2.17. The third-order valence-electron chi connectivity index (χ3n) is 2.31. The van der Waals surface area contributed by atoms with E-state index in [0.717, 1.165) is 12.8 Å². The van der Waals surface area contributed by atoms with Crippen LogP contribution in [-0.2, 0) is 9.53 Å². The highest BCUT2D eigenvalue weighted by molar-refractivity contribution is 5.74. The summed E-state index contributed by atoms with van der Waals surface area (Å²) in [7, 11) is 0. The summed E-state index contributed by atoms with van der Waals surface area (Å²) in [4.78, 5) is 23.2. The fourth-order valence-electron chi connectivity index (χ4n) is 1.60. The van der Waals surface area contributed by atoms with Crippen molar-refractivity contribution in [3.63, 3.8) is 0 Å². The van der Waals surface area contributed by atoms with E-state index >= 15 is 0 Å². The molecular formula is C9H15NO4. The predicted octanol–water partition coefficient (Wildman–Crippen LogP) is 0.940. The first kappa shape index (κ1) is 10.8. The molecule has 1 heterocycles. The lowest BCUT2D eigenvalue weighted by atomic mass is 9.99. The molecule has 1 aliphatic rings. The Bertz CT molecular complexity index is 229. The standard InChI is InChI=1S/C9H15NO4/c1-2-14-8(11)7-4-3-5-10(6-7)9(12)13/h7H,2-6H2,1H3,(H,12,13). The van der Waals surface area contributed by atoms with Gasteiger partial charge in [0, 0.05) is 13.1 Å². The highest BCUT2D eigenvalue weighted by atomic mass is 16.5. The van der Waals surface area contributed by atoms with Gasteiger partial charge in [0.05, 0.1) is 12.5 Å². The number of hydrogen-bond donors (Lipinski definition) is 1. The maximum Gasteiger partial charge on any atom is 0.407 e. The molecular weight excluding hydrogens is 186 g/mol. The zero-order valence-electron chi connectivity index (χ0n) is 8.23. The summed E-state index contributed by atoms with van der Waals surface area (Å²) in [6.45, 7) is 2.89. The molecule has 0 bridgehead atoms. The van der Waals surface area contributed by atoms with Gasteiger partial charge in [0.25, 0.3) is 0 Å². The van der Waals surface area contributed by atoms with Crippen LogP contribution in [0.4, 0.5) is 4.79 Å². The Morgan fingerprint density at radius 2 is 2.29 bits per heavy atom. The number of likely N-dealkylation sites (tertiary alicyclic amines) is 1. The van der Waals surface area contributed by atoms with E-state index in [9.17, 15) is 9.59 Å². The van der Waals surface area contributed by atoms with Crippen molar-refractivity contribution < 1.29 is 19.4 Å². The smallest absolute Gasteiger partial charge is 0.407 e. The third kappa shape index (κ3) is 2.61. The zero-order valence-corrected chi connectivity index (χ0v) is 8.23. The summed E-state index contributed by atoms with van der Waals surface area (Å²) in [5, 5.41) is 8.74. The van der Waals surface area contributed by atoms with Gasteiger partial charge in [0.2, 0.25) is 0 Å². The van der Waals surface area contributed by atoms with Crippen LogP contribution in [0.2, 0.25) is 0 Å². The molecule has 0 saturated carbocycles. The molecule has 1 N–H and O–H groups in total. The second kappa shape index (κ2) is 4.83. The number of ether oxygens (including phenoxy) is 1. The van der Waals surface area contributed by atoms with Gasteiger partial charge in [0.15, 0.2) is 0 Å². The van der Waals surface area contributed by atoms with Crippen LogP contribution in [0, 0.1) is 5.92 Å². The lowest BCUT2D eigenvalue weighted by Gasteiger charge is -2.29. The van der Waals surface area contributed by atoms with Crippen molar-refractivity contribution in [1.29, 1.82) is 0 Å². The minimum Gasteiger partial charge on any atom is -0.466 e. The number of rotatable bonds is 2. The van der Waals surface area contributed by atoms with Gasteiger partial charge in [-0.1, -0.05) is 0 Å². The average Bonchev–Trinajstić information content (AvgIpc) is 2.18. The van der Waals surface area contributed by atoms with Crippen molar-refractivity contribution in [2.75, 3.05) is 19.7 Å². The van der Waals surface area contributed by atoms with E-state index in [1.54, 1.807) is 6.92 Å². The van der Waals surface area contributed by atoms with Gasteiger partial charge in [-0.05, 0) is 19.8 Å². The normalized spacial score (nSPS) is 21.8. The number of carbonyl (C=O) groups excluding carboxylic acids is 1. The van der Waals surface area contributed by atoms with Gasteiger partial charge >= 0.3 is 12.1 Å². The molecule has 1 amide bonds. The van der Waals surface area contributed by atoms with Crippen LogP contribution < -0.4 is 0 Å². The SMILES string of the molecule is CCOC(=O)C1CCCN(C(=O)O)C1. The first-order valence-electron chi connectivity index (χ1n) is 4.79. The van der Waals surface area contributed by atoms with Gasteiger partial charge < -0.3 is 14.7 Å². The number of carboxylic acid groups (broad SMARTS) is 1. The van der Waals surface area contributed by atoms with Crippen molar-refractivity contribution in [1.82, 2.24) is 4.90 Å². The van der Waals surface area contributed by atoms with Crippen LogP contribution >= 0.6 is 0 Å². The van der Waals surface area contributed by atoms with E-state index in [0.29, 0.717) is 13.2 Å². The Kier molecular flexibility index (Phi) is 3.73. The van der Waals surface area contributed by atoms with Gasteiger partial charge in [-0.3, -0.25) is 4.79 Å². The molecule has 14 heavy (non-hydrogen) atoms. The number of nitrogens with zero attached hydrogens (tertiary/aromatic N) is 1. The second-order valence-corrected chi connectivity index (χ2v) is 3.32. The van der Waals surface area contributed by atoms with Crippen molar-refractivity contribution in [3.8, 4) is 0 Å². The fourth-order valence-corrected chi connectivity index (χ4v) is 1.60. The topological polar surface area (TPSA) is 66.8 Å². The van der Waals surface area contributed by atoms with Crippen molar-refractivity contribution in [2.45, 2.75) is 19.8 Å². The van der Waals surface area contributed by atoms with Crippen molar-refractivity contribution in [2.24, 2.45) is 5.92 Å². The predicted molar refractivity (Wildman–Crippen MR) is 49.0 cm³/mol. The van der Waals surface area contributed by atoms with Crippen LogP contribution in [0.5, 0.6) is 0 Å². The van der Waals surface area contributed by atoms with E-state index in [2.05, 4.69) is 0 Å². The van der Waals surface area contributed by atoms with Gasteiger partial charge in [-0.15, -0.1) is 0 Å². The maximum absolute atomic E-state index is 11.3. The fraction of sp³-hybridized carbons (Fsp3) is 0.778. The minimum atomic E-state index is -0.959. The second-order valence-electron chi connectivity index (χ2n) is 3.32. The van der Waals surface area contributed by atoms with Crippen molar-refractivity contribution in [3.05, 3.63) is 0 Å². The average molecular weight is 201 g/mol. The van der Waals surface area contributed by atoms with Crippen LogP contribution in [0.1, 0.15) is 19.8 Å². The van der Waals surface area contributed by atoms with Crippen molar-refractivity contribution >= 4 is 12.1 Å². The third-order valence-corrected chi connectivity index (χ3v) is 2.31. The Morgan fingerprint density at radius 1 is 1.57 bits per heavy atom. The minimum absolute atomic E-state index is 0.272. The Hall–Kier alpha value is -1.26. The number of amides is 1. The van der Waals surface area contributed by atoms with Gasteiger partial charge in [0.1, 0.15) is 0 Å². The molecule has 0 radical (unpaired) electrons. The lowest BCUT2D eigenvalue weighted by molar-refractivity contribution is -0.149. The molecule has 0 aromatic carbocycles. The maximum atomic E-state index is 11.3. The molecule has 1 saturated heterocycles. The lowest BCUT2D eigenvalue weighted by Crippen LogP contribution is -2.42. The molecule has 1 atom stereocenters. The van der Waals surface area contributed by atoms with Gasteiger partial charge in [-0.25, -0.2) is 4.79 Å². The molecule has 1 rings (SSSR count). The summed E-state index contributed by atoms with van der Waals surface area (Å²) >= 11 is 0. The summed E-state index contributed by atoms with van der Waals surface area (Å²) < 4.78 is 4.85. The molecule has 0 spiro atoms. The van der Waals surface area contributed by atoms with Crippen LogP contribution in [0.3, 0.4) is 0 Å². The molecule has 0 aromatic heterocycles. The van der Waals surface area contributed by atoms with Crippen LogP contribution in [-0.4, -0.2) is 41.8 Å². The Morgan fingerprint density at radius 3 is 2.86 bits per heavy atom. The summed E-state index contributed by atoms with van der Waals surface area (Å²) in [5.74, 6) is -0.557. The monoisotopic (exact) mass is 201 g/mol. The number of hydrogen-bond acceptors (Lipinski definition) is 3. The first-order chi connectivity index (χ1) is 6.65. The molecule has 0 aromatic rings. The van der Waals surface area contributed by atoms with Crippen LogP contribution in [0.15, 0.2) is 0 Å². The van der Waals surface area contributed by atoms with E-state index in [1.807, 2.05) is 0 Å². The van der Waals surface area contributed by atoms with Crippen LogP contribution in [0.25, 0.3) is 0 Å². The number of carbonyl (C=O) groups is 2. The van der Waals surface area contributed by atoms with E-state index in [1.165, 1.54) is 4.90 Å². The molecule has 1 fully saturated rings. The van der Waals surface area contributed by atoms with E-state index < -0.39 is 6.09 Å². The van der Waals surface area contributed by atoms with E-state index in [4.69, 9.17) is 9.84 Å².